The molecule has 1 unspecified atom stereocenters. The average molecular weight is 229 g/mol. The number of carboxylic acid groups (broad SMARTS) is 1. The fourth-order valence-electron chi connectivity index (χ4n) is 0.845. The van der Waals surface area contributed by atoms with E-state index in [2.05, 4.69) is 10.3 Å². The van der Waals surface area contributed by atoms with Crippen LogP contribution in [0.3, 0.4) is 0 Å². The first-order valence-corrected chi connectivity index (χ1v) is 5.09. The fraction of sp³-hybridized carbons (Fsp3) is 0.375. The third-order valence-corrected chi connectivity index (χ3v) is 2.63. The van der Waals surface area contributed by atoms with Crippen molar-refractivity contribution in [2.24, 2.45) is 5.73 Å². The third-order valence-electron chi connectivity index (χ3n) is 1.75. The maximum Gasteiger partial charge on any atom is 0.365 e. The molecular weight excluding hydrogens is 218 g/mol. The second kappa shape index (κ2) is 4.85. The highest BCUT2D eigenvalue weighted by Crippen LogP contribution is 2.09. The largest absolute Gasteiger partial charge is 0.476 e. The van der Waals surface area contributed by atoms with Crippen LogP contribution in [0.5, 0.6) is 0 Å². The topological polar surface area (TPSA) is 105 Å². The van der Waals surface area contributed by atoms with Crippen LogP contribution in [0.4, 0.5) is 0 Å². The third kappa shape index (κ3) is 3.30. The molecule has 15 heavy (non-hydrogen) atoms. The molecule has 0 aliphatic rings. The number of hydrogen-bond acceptors (Lipinski definition) is 5. The van der Waals surface area contributed by atoms with Crippen molar-refractivity contribution in [1.82, 2.24) is 10.3 Å². The van der Waals surface area contributed by atoms with Gasteiger partial charge in [-0.2, -0.15) is 0 Å². The van der Waals surface area contributed by atoms with Gasteiger partial charge in [-0.3, -0.25) is 4.79 Å². The van der Waals surface area contributed by atoms with Gasteiger partial charge < -0.3 is 16.2 Å². The van der Waals surface area contributed by atoms with Gasteiger partial charge in [0.2, 0.25) is 10.9 Å². The lowest BCUT2D eigenvalue weighted by Gasteiger charge is -2.07. The van der Waals surface area contributed by atoms with Gasteiger partial charge >= 0.3 is 5.97 Å². The molecule has 0 spiro atoms. The second-order valence-corrected chi connectivity index (χ2v) is 3.81. The van der Waals surface area contributed by atoms with E-state index in [0.29, 0.717) is 12.2 Å². The average Bonchev–Trinajstić information content (AvgIpc) is 2.62. The highest BCUT2D eigenvalue weighted by molar-refractivity contribution is 7.11. The summed E-state index contributed by atoms with van der Waals surface area (Å²) in [7, 11) is 0. The van der Waals surface area contributed by atoms with Gasteiger partial charge in [0.15, 0.2) is 0 Å². The maximum absolute atomic E-state index is 10.7. The standard InChI is InChI=1S/C8H11N3O3S/c1-4(6(9)12)10-2-5-3-15-7(11-5)8(13)14/h3-4,10H,2H2,1H3,(H2,9,12)(H,13,14). The lowest BCUT2D eigenvalue weighted by atomic mass is 10.3. The predicted octanol–water partition coefficient (Wildman–Crippen LogP) is -0.195. The zero-order valence-electron chi connectivity index (χ0n) is 8.06. The van der Waals surface area contributed by atoms with Crippen LogP contribution in [0, 0.1) is 0 Å². The molecule has 1 heterocycles. The zero-order valence-corrected chi connectivity index (χ0v) is 8.87. The monoisotopic (exact) mass is 229 g/mol. The molecule has 0 aliphatic carbocycles. The lowest BCUT2D eigenvalue weighted by Crippen LogP contribution is -2.38. The Hall–Kier alpha value is -1.47. The number of hydrogen-bond donors (Lipinski definition) is 3. The Morgan fingerprint density at radius 3 is 2.87 bits per heavy atom. The van der Waals surface area contributed by atoms with Gasteiger partial charge in [-0.1, -0.05) is 0 Å². The summed E-state index contributed by atoms with van der Waals surface area (Å²) < 4.78 is 0. The molecular formula is C8H11N3O3S. The number of primary amides is 1. The van der Waals surface area contributed by atoms with Crippen LogP contribution < -0.4 is 11.1 Å². The van der Waals surface area contributed by atoms with E-state index in [0.717, 1.165) is 11.3 Å². The molecule has 0 saturated heterocycles. The van der Waals surface area contributed by atoms with Crippen molar-refractivity contribution in [3.63, 3.8) is 0 Å². The molecule has 1 atom stereocenters. The summed E-state index contributed by atoms with van der Waals surface area (Å²) in [4.78, 5) is 25.0. The molecule has 1 aromatic heterocycles. The highest BCUT2D eigenvalue weighted by Gasteiger charge is 2.11. The first kappa shape index (κ1) is 11.6. The quantitative estimate of drug-likeness (QED) is 0.648. The van der Waals surface area contributed by atoms with Crippen LogP contribution >= 0.6 is 11.3 Å². The fourth-order valence-corrected chi connectivity index (χ4v) is 1.50. The number of aromatic carboxylic acids is 1. The van der Waals surface area contributed by atoms with Crippen molar-refractivity contribution in [3.05, 3.63) is 16.1 Å². The summed E-state index contributed by atoms with van der Waals surface area (Å²) in [6.07, 6.45) is 0. The van der Waals surface area contributed by atoms with E-state index in [1.54, 1.807) is 12.3 Å². The van der Waals surface area contributed by atoms with Crippen LogP contribution in [0.15, 0.2) is 5.38 Å². The molecule has 0 fully saturated rings. The molecule has 82 valence electrons. The Morgan fingerprint density at radius 1 is 1.73 bits per heavy atom. The van der Waals surface area contributed by atoms with Gasteiger partial charge in [0.05, 0.1) is 11.7 Å². The summed E-state index contributed by atoms with van der Waals surface area (Å²) in [6, 6.07) is -0.458. The first-order valence-electron chi connectivity index (χ1n) is 4.21. The second-order valence-electron chi connectivity index (χ2n) is 2.95. The number of thiazole rings is 1. The Morgan fingerprint density at radius 2 is 2.40 bits per heavy atom. The predicted molar refractivity (Wildman–Crippen MR) is 54.6 cm³/mol. The Kier molecular flexibility index (Phi) is 3.75. The SMILES string of the molecule is CC(NCc1csc(C(=O)O)n1)C(N)=O. The van der Waals surface area contributed by atoms with E-state index in [9.17, 15) is 9.59 Å². The number of carboxylic acids is 1. The van der Waals surface area contributed by atoms with Crippen LogP contribution in [-0.4, -0.2) is 28.0 Å². The minimum absolute atomic E-state index is 0.0403. The van der Waals surface area contributed by atoms with Crippen molar-refractivity contribution in [2.75, 3.05) is 0 Å². The number of aromatic nitrogens is 1. The summed E-state index contributed by atoms with van der Waals surface area (Å²) in [5.74, 6) is -1.50. The molecule has 7 heteroatoms. The molecule has 6 nitrogen and oxygen atoms in total. The minimum atomic E-state index is -1.05. The molecule has 1 amide bonds. The van der Waals surface area contributed by atoms with Crippen LogP contribution in [0.25, 0.3) is 0 Å². The van der Waals surface area contributed by atoms with Gasteiger partial charge in [-0.05, 0) is 6.92 Å². The van der Waals surface area contributed by atoms with Crippen molar-refractivity contribution in [2.45, 2.75) is 19.5 Å². The summed E-state index contributed by atoms with van der Waals surface area (Å²) in [6.45, 7) is 1.96. The molecule has 1 aromatic rings. The molecule has 1 rings (SSSR count). The van der Waals surface area contributed by atoms with E-state index >= 15 is 0 Å². The molecule has 4 N–H and O–H groups in total. The summed E-state index contributed by atoms with van der Waals surface area (Å²) in [5.41, 5.74) is 5.63. The number of nitrogens with two attached hydrogens (primary N) is 1. The molecule has 0 aliphatic heterocycles. The number of nitrogens with one attached hydrogen (secondary N) is 1. The number of nitrogens with zero attached hydrogens (tertiary/aromatic N) is 1. The van der Waals surface area contributed by atoms with E-state index in [1.165, 1.54) is 0 Å². The van der Waals surface area contributed by atoms with E-state index in [-0.39, 0.29) is 5.01 Å². The van der Waals surface area contributed by atoms with Crippen molar-refractivity contribution < 1.29 is 14.7 Å². The van der Waals surface area contributed by atoms with Gasteiger partial charge in [0.25, 0.3) is 0 Å². The number of rotatable bonds is 5. The Labute approximate surface area is 90.1 Å². The van der Waals surface area contributed by atoms with E-state index < -0.39 is 17.9 Å². The van der Waals surface area contributed by atoms with Gasteiger partial charge in [-0.25, -0.2) is 9.78 Å². The number of carbonyl (C=O) groups is 2. The normalized spacial score (nSPS) is 12.3. The van der Waals surface area contributed by atoms with Crippen molar-refractivity contribution in [3.8, 4) is 0 Å². The molecule has 0 saturated carbocycles. The number of carbonyl (C=O) groups excluding carboxylic acids is 1. The smallest absolute Gasteiger partial charge is 0.365 e. The van der Waals surface area contributed by atoms with E-state index in [4.69, 9.17) is 10.8 Å². The zero-order chi connectivity index (χ0) is 11.4. The summed E-state index contributed by atoms with van der Waals surface area (Å²) >= 11 is 1.05. The van der Waals surface area contributed by atoms with Crippen molar-refractivity contribution in [1.29, 1.82) is 0 Å². The van der Waals surface area contributed by atoms with Crippen LogP contribution in [0.2, 0.25) is 0 Å². The first-order chi connectivity index (χ1) is 7.00. The van der Waals surface area contributed by atoms with Crippen LogP contribution in [-0.2, 0) is 11.3 Å². The van der Waals surface area contributed by atoms with Gasteiger partial charge in [-0.15, -0.1) is 11.3 Å². The molecule has 0 bridgehead atoms. The highest BCUT2D eigenvalue weighted by atomic mass is 32.1. The lowest BCUT2D eigenvalue weighted by molar-refractivity contribution is -0.119. The Bertz CT molecular complexity index is 377. The number of amides is 1. The minimum Gasteiger partial charge on any atom is -0.476 e. The maximum atomic E-state index is 10.7. The molecule has 0 radical (unpaired) electrons. The van der Waals surface area contributed by atoms with Crippen molar-refractivity contribution >= 4 is 23.2 Å². The molecule has 0 aromatic carbocycles. The van der Waals surface area contributed by atoms with Crippen LogP contribution in [0.1, 0.15) is 22.4 Å². The summed E-state index contributed by atoms with van der Waals surface area (Å²) in [5, 5.41) is 13.1. The Balaban J connectivity index is 2.51. The van der Waals surface area contributed by atoms with Gasteiger partial charge in [0.1, 0.15) is 0 Å². The van der Waals surface area contributed by atoms with E-state index in [1.807, 2.05) is 0 Å². The van der Waals surface area contributed by atoms with Gasteiger partial charge in [0, 0.05) is 11.9 Å².